The molecule has 2 N–H and O–H groups in total. The maximum atomic E-state index is 11.8. The molecule has 0 amide bonds. The molecule has 0 fully saturated rings. The number of benzene rings is 5. The Bertz CT molecular complexity index is 2120. The molecule has 44 heavy (non-hydrogen) atoms. The minimum absolute atomic E-state index is 0.0615. The number of carboxylic acid groups (broad SMARTS) is 1. The molecule has 0 saturated carbocycles. The molecule has 0 spiro atoms. The summed E-state index contributed by atoms with van der Waals surface area (Å²) in [7, 11) is 0. The zero-order valence-electron chi connectivity index (χ0n) is 25.7. The predicted octanol–water partition coefficient (Wildman–Crippen LogP) is 9.40. The smallest absolute Gasteiger partial charge is 0.309 e. The summed E-state index contributed by atoms with van der Waals surface area (Å²) in [6.07, 6.45) is 10.6. The maximum absolute atomic E-state index is 11.8. The van der Waals surface area contributed by atoms with E-state index in [2.05, 4.69) is 153 Å². The van der Waals surface area contributed by atoms with Crippen molar-refractivity contribution in [2.45, 2.75) is 44.9 Å². The van der Waals surface area contributed by atoms with Crippen LogP contribution in [-0.2, 0) is 15.6 Å². The predicted molar refractivity (Wildman–Crippen MR) is 183 cm³/mol. The number of carbonyl (C=O) groups is 1. The van der Waals surface area contributed by atoms with E-state index < -0.39 is 5.97 Å². The standard InChI is InChI=1S/C40H36N2O2/c1-39(2)33(41-32-23-22-26-14-8-9-15-27(26)36(32)39)20-6-5-7-21-34-40(3,4)37-30-18-12-10-16-28(30)29-17-11-13-19-31(29)38(37)42(34)25-24-35(43)44/h5-23H,24-25H2,1-4H3,(H,43,44)/p+1. The fourth-order valence-electron chi connectivity index (χ4n) is 7.46. The maximum Gasteiger partial charge on any atom is 0.309 e. The largest absolute Gasteiger partial charge is 0.481 e. The molecule has 4 heteroatoms. The van der Waals surface area contributed by atoms with Crippen LogP contribution in [0.1, 0.15) is 45.2 Å². The van der Waals surface area contributed by atoms with Gasteiger partial charge in [0.05, 0.1) is 10.8 Å². The lowest BCUT2D eigenvalue weighted by atomic mass is 9.78. The Balaban J connectivity index is 1.28. The van der Waals surface area contributed by atoms with E-state index in [1.807, 2.05) is 0 Å². The van der Waals surface area contributed by atoms with E-state index in [1.54, 1.807) is 0 Å². The fourth-order valence-corrected chi connectivity index (χ4v) is 7.46. The van der Waals surface area contributed by atoms with Gasteiger partial charge in [-0.25, -0.2) is 0 Å². The Morgan fingerprint density at radius 2 is 1.36 bits per heavy atom. The number of hydrogen-bond acceptors (Lipinski definition) is 2. The summed E-state index contributed by atoms with van der Waals surface area (Å²) in [4.78, 5) is 11.8. The van der Waals surface area contributed by atoms with Crippen LogP contribution >= 0.6 is 0 Å². The lowest BCUT2D eigenvalue weighted by molar-refractivity contribution is -0.435. The summed E-state index contributed by atoms with van der Waals surface area (Å²) < 4.78 is 2.24. The molecule has 0 radical (unpaired) electrons. The van der Waals surface area contributed by atoms with Crippen LogP contribution in [0.5, 0.6) is 0 Å². The van der Waals surface area contributed by atoms with Crippen LogP contribution in [0.25, 0.3) is 32.3 Å². The molecular weight excluding hydrogens is 540 g/mol. The van der Waals surface area contributed by atoms with Crippen LogP contribution in [0.3, 0.4) is 0 Å². The highest BCUT2D eigenvalue weighted by Gasteiger charge is 2.47. The summed E-state index contributed by atoms with van der Waals surface area (Å²) >= 11 is 0. The molecular formula is C40H37N2O2+. The zero-order chi connectivity index (χ0) is 30.6. The Morgan fingerprint density at radius 3 is 2.09 bits per heavy atom. The Hall–Kier alpha value is -4.96. The lowest BCUT2D eigenvalue weighted by Crippen LogP contribution is -2.28. The number of rotatable bonds is 6. The number of anilines is 1. The quantitative estimate of drug-likeness (QED) is 0.120. The number of nitrogens with zero attached hydrogens (tertiary/aromatic N) is 1. The third-order valence-corrected chi connectivity index (χ3v) is 9.52. The van der Waals surface area contributed by atoms with Gasteiger partial charge in [0.2, 0.25) is 5.69 Å². The molecule has 5 aromatic carbocycles. The first kappa shape index (κ1) is 27.8. The summed E-state index contributed by atoms with van der Waals surface area (Å²) in [5.74, 6) is -0.795. The van der Waals surface area contributed by atoms with Crippen LogP contribution in [-0.4, -0.2) is 27.9 Å². The van der Waals surface area contributed by atoms with Gasteiger partial charge < -0.3 is 10.4 Å². The summed E-state index contributed by atoms with van der Waals surface area (Å²) in [5, 5.41) is 20.7. The van der Waals surface area contributed by atoms with Gasteiger partial charge >= 0.3 is 5.97 Å². The number of aliphatic carboxylic acids is 1. The zero-order valence-corrected chi connectivity index (χ0v) is 25.7. The highest BCUT2D eigenvalue weighted by molar-refractivity contribution is 6.18. The minimum atomic E-state index is -0.795. The van der Waals surface area contributed by atoms with E-state index in [0.717, 1.165) is 22.5 Å². The van der Waals surface area contributed by atoms with Crippen LogP contribution in [0.2, 0.25) is 0 Å². The summed E-state index contributed by atoms with van der Waals surface area (Å²) in [6.45, 7) is 9.47. The number of fused-ring (bicyclic) bond motifs is 9. The molecule has 0 aromatic heterocycles. The Morgan fingerprint density at radius 1 is 0.727 bits per heavy atom. The van der Waals surface area contributed by atoms with E-state index in [1.165, 1.54) is 43.7 Å². The van der Waals surface area contributed by atoms with Gasteiger partial charge in [0, 0.05) is 28.4 Å². The van der Waals surface area contributed by atoms with Crippen molar-refractivity contribution in [2.75, 3.05) is 11.9 Å². The van der Waals surface area contributed by atoms with Gasteiger partial charge in [-0.05, 0) is 64.6 Å². The second-order valence-corrected chi connectivity index (χ2v) is 12.9. The second-order valence-electron chi connectivity index (χ2n) is 12.9. The molecule has 4 nitrogen and oxygen atoms in total. The highest BCUT2D eigenvalue weighted by atomic mass is 16.4. The molecule has 0 aliphatic carbocycles. The number of allylic oxidation sites excluding steroid dienone is 6. The van der Waals surface area contributed by atoms with Gasteiger partial charge in [-0.2, -0.15) is 4.58 Å². The second kappa shape index (κ2) is 10.3. The summed E-state index contributed by atoms with van der Waals surface area (Å²) in [5.41, 5.74) is 6.67. The van der Waals surface area contributed by atoms with Crippen LogP contribution < -0.4 is 5.32 Å². The third kappa shape index (κ3) is 4.28. The lowest BCUT2D eigenvalue weighted by Gasteiger charge is -2.21. The first-order valence-corrected chi connectivity index (χ1v) is 15.3. The topological polar surface area (TPSA) is 52.3 Å². The van der Waals surface area contributed by atoms with E-state index in [0.29, 0.717) is 6.54 Å². The fraction of sp³-hybridized carbons (Fsp3) is 0.200. The van der Waals surface area contributed by atoms with Crippen LogP contribution in [0.15, 0.2) is 121 Å². The first-order valence-electron chi connectivity index (χ1n) is 15.3. The van der Waals surface area contributed by atoms with Crippen molar-refractivity contribution in [2.24, 2.45) is 0 Å². The van der Waals surface area contributed by atoms with Crippen molar-refractivity contribution in [1.29, 1.82) is 0 Å². The van der Waals surface area contributed by atoms with Crippen LogP contribution in [0.4, 0.5) is 11.4 Å². The molecule has 7 rings (SSSR count). The molecule has 2 heterocycles. The molecule has 0 saturated heterocycles. The van der Waals surface area contributed by atoms with Crippen molar-refractivity contribution < 1.29 is 14.5 Å². The molecule has 0 bridgehead atoms. The van der Waals surface area contributed by atoms with Crippen molar-refractivity contribution in [1.82, 2.24) is 0 Å². The number of carboxylic acids is 1. The van der Waals surface area contributed by atoms with Crippen molar-refractivity contribution in [3.63, 3.8) is 0 Å². The first-order chi connectivity index (χ1) is 21.2. The average Bonchev–Trinajstić information content (AvgIpc) is 3.41. The van der Waals surface area contributed by atoms with Gasteiger partial charge in [-0.15, -0.1) is 0 Å². The van der Waals surface area contributed by atoms with E-state index in [4.69, 9.17) is 0 Å². The average molecular weight is 578 g/mol. The van der Waals surface area contributed by atoms with Crippen molar-refractivity contribution in [3.8, 4) is 0 Å². The monoisotopic (exact) mass is 577 g/mol. The molecule has 218 valence electrons. The van der Waals surface area contributed by atoms with Gasteiger partial charge in [0.15, 0.2) is 12.3 Å². The summed E-state index contributed by atoms with van der Waals surface area (Å²) in [6, 6.07) is 30.0. The Kier molecular flexibility index (Phi) is 6.55. The minimum Gasteiger partial charge on any atom is -0.481 e. The van der Waals surface area contributed by atoms with E-state index in [-0.39, 0.29) is 17.3 Å². The third-order valence-electron chi connectivity index (χ3n) is 9.52. The molecule has 2 aliphatic rings. The number of hydrogen-bond donors (Lipinski definition) is 2. The van der Waals surface area contributed by atoms with Gasteiger partial charge in [0.25, 0.3) is 0 Å². The Labute approximate surface area is 258 Å². The van der Waals surface area contributed by atoms with Crippen molar-refractivity contribution >= 4 is 55.4 Å². The van der Waals surface area contributed by atoms with E-state index in [9.17, 15) is 9.90 Å². The van der Waals surface area contributed by atoms with E-state index >= 15 is 0 Å². The number of nitrogens with one attached hydrogen (secondary N) is 1. The van der Waals surface area contributed by atoms with Crippen LogP contribution in [0, 0.1) is 0 Å². The molecule has 0 unspecified atom stereocenters. The normalized spacial score (nSPS) is 17.8. The molecule has 0 atom stereocenters. The van der Waals surface area contributed by atoms with Crippen molar-refractivity contribution in [3.05, 3.63) is 132 Å². The van der Waals surface area contributed by atoms with Gasteiger partial charge in [-0.3, -0.25) is 4.79 Å². The van der Waals surface area contributed by atoms with Gasteiger partial charge in [-0.1, -0.05) is 105 Å². The SMILES string of the molecule is CC1(C)C(/C=C/C=C/C=C2\Nc3ccc4ccccc4c3C2(C)C)=[N+](CCC(=O)O)c2c1c1ccccc1c1ccccc21. The molecule has 5 aromatic rings. The van der Waals surface area contributed by atoms with Gasteiger partial charge in [0.1, 0.15) is 6.42 Å². The highest BCUT2D eigenvalue weighted by Crippen LogP contribution is 2.49. The molecule has 2 aliphatic heterocycles.